The number of nitrogens with two attached hydrogens (primary N) is 1. The van der Waals surface area contributed by atoms with Crippen molar-refractivity contribution >= 4 is 40.1 Å². The third kappa shape index (κ3) is 3.17. The van der Waals surface area contributed by atoms with Crippen LogP contribution in [0.1, 0.15) is 16.1 Å². The second kappa shape index (κ2) is 6.10. The van der Waals surface area contributed by atoms with E-state index in [1.165, 1.54) is 12.1 Å². The molecular weight excluding hydrogens is 318 g/mol. The molecule has 3 rings (SSSR count). The van der Waals surface area contributed by atoms with Gasteiger partial charge in [0.05, 0.1) is 17.0 Å². The van der Waals surface area contributed by atoms with Gasteiger partial charge in [-0.15, -0.1) is 0 Å². The lowest BCUT2D eigenvalue weighted by Gasteiger charge is -2.06. The average molecular weight is 330 g/mol. The van der Waals surface area contributed by atoms with Crippen LogP contribution < -0.4 is 11.1 Å². The molecule has 6 nitrogen and oxygen atoms in total. The van der Waals surface area contributed by atoms with Crippen LogP contribution in [-0.2, 0) is 11.2 Å². The van der Waals surface area contributed by atoms with Crippen LogP contribution in [0.5, 0.6) is 0 Å². The van der Waals surface area contributed by atoms with Crippen LogP contribution in [0.4, 0.5) is 5.69 Å². The molecule has 0 atom stereocenters. The lowest BCUT2D eigenvalue weighted by Crippen LogP contribution is -2.16. The van der Waals surface area contributed by atoms with Gasteiger partial charge in [-0.2, -0.15) is 0 Å². The molecule has 116 valence electrons. The first-order chi connectivity index (χ1) is 11.0. The van der Waals surface area contributed by atoms with Crippen molar-refractivity contribution in [1.29, 1.82) is 0 Å². The van der Waals surface area contributed by atoms with E-state index in [2.05, 4.69) is 10.5 Å². The van der Waals surface area contributed by atoms with Crippen molar-refractivity contribution in [2.75, 3.05) is 5.32 Å². The minimum absolute atomic E-state index is 0.0472. The molecule has 0 aliphatic heterocycles. The van der Waals surface area contributed by atoms with Gasteiger partial charge in [0.25, 0.3) is 0 Å². The van der Waals surface area contributed by atoms with Gasteiger partial charge in [0.2, 0.25) is 11.8 Å². The van der Waals surface area contributed by atoms with E-state index in [0.29, 0.717) is 17.0 Å². The maximum atomic E-state index is 12.1. The van der Waals surface area contributed by atoms with Crippen molar-refractivity contribution in [3.63, 3.8) is 0 Å². The Balaban J connectivity index is 1.77. The second-order valence-corrected chi connectivity index (χ2v) is 5.32. The Hall–Kier alpha value is -2.86. The first kappa shape index (κ1) is 15.1. The molecule has 3 aromatic rings. The van der Waals surface area contributed by atoms with Crippen molar-refractivity contribution in [2.24, 2.45) is 5.73 Å². The summed E-state index contributed by atoms with van der Waals surface area (Å²) in [6.07, 6.45) is 0.0472. The second-order valence-electron chi connectivity index (χ2n) is 4.91. The van der Waals surface area contributed by atoms with Crippen molar-refractivity contribution in [3.8, 4) is 0 Å². The van der Waals surface area contributed by atoms with Gasteiger partial charge >= 0.3 is 0 Å². The van der Waals surface area contributed by atoms with Gasteiger partial charge in [-0.25, -0.2) is 0 Å². The quantitative estimate of drug-likeness (QED) is 0.768. The Morgan fingerprint density at radius 1 is 1.22 bits per heavy atom. The number of amides is 2. The Kier molecular flexibility index (Phi) is 3.99. The van der Waals surface area contributed by atoms with E-state index in [9.17, 15) is 9.59 Å². The van der Waals surface area contributed by atoms with Gasteiger partial charge in [-0.05, 0) is 30.3 Å². The molecule has 0 aliphatic carbocycles. The number of aromatic nitrogens is 1. The summed E-state index contributed by atoms with van der Waals surface area (Å²) >= 11 is 5.87. The van der Waals surface area contributed by atoms with Crippen LogP contribution in [0.15, 0.2) is 47.0 Å². The number of carbonyl (C=O) groups excluding carboxylic acids is 2. The highest BCUT2D eigenvalue weighted by Gasteiger charge is 2.13. The molecule has 0 saturated heterocycles. The van der Waals surface area contributed by atoms with E-state index >= 15 is 0 Å². The van der Waals surface area contributed by atoms with Gasteiger partial charge in [0.1, 0.15) is 5.69 Å². The third-order valence-electron chi connectivity index (χ3n) is 3.30. The fraction of sp³-hybridized carbons (Fsp3) is 0.0625. The van der Waals surface area contributed by atoms with Crippen LogP contribution in [0.3, 0.4) is 0 Å². The molecule has 1 aromatic heterocycles. The summed E-state index contributed by atoms with van der Waals surface area (Å²) in [6, 6.07) is 11.8. The number of benzene rings is 2. The van der Waals surface area contributed by atoms with Gasteiger partial charge in [-0.1, -0.05) is 28.9 Å². The fourth-order valence-electron chi connectivity index (χ4n) is 2.21. The monoisotopic (exact) mass is 329 g/mol. The third-order valence-corrected chi connectivity index (χ3v) is 3.63. The van der Waals surface area contributed by atoms with Crippen molar-refractivity contribution in [3.05, 3.63) is 58.7 Å². The molecule has 3 N–H and O–H groups in total. The average Bonchev–Trinajstić information content (AvgIpc) is 2.92. The summed E-state index contributed by atoms with van der Waals surface area (Å²) in [5.41, 5.74) is 6.98. The number of primary amides is 1. The fourth-order valence-corrected chi connectivity index (χ4v) is 2.43. The predicted octanol–water partition coefficient (Wildman–Crippen LogP) is 2.76. The predicted molar refractivity (Wildman–Crippen MR) is 86.3 cm³/mol. The van der Waals surface area contributed by atoms with Crippen LogP contribution >= 0.6 is 11.6 Å². The van der Waals surface area contributed by atoms with Crippen LogP contribution in [0.2, 0.25) is 5.02 Å². The van der Waals surface area contributed by atoms with Gasteiger partial charge < -0.3 is 15.6 Å². The zero-order chi connectivity index (χ0) is 16.4. The van der Waals surface area contributed by atoms with Gasteiger partial charge in [0.15, 0.2) is 5.58 Å². The first-order valence-corrected chi connectivity index (χ1v) is 7.15. The first-order valence-electron chi connectivity index (χ1n) is 6.77. The van der Waals surface area contributed by atoms with E-state index in [4.69, 9.17) is 21.9 Å². The highest BCUT2D eigenvalue weighted by atomic mass is 35.5. The summed E-state index contributed by atoms with van der Waals surface area (Å²) in [4.78, 5) is 23.4. The minimum atomic E-state index is -0.659. The summed E-state index contributed by atoms with van der Waals surface area (Å²) in [5.74, 6) is -0.949. The molecule has 1 heterocycles. The number of halogens is 1. The van der Waals surface area contributed by atoms with Crippen molar-refractivity contribution in [2.45, 2.75) is 6.42 Å². The van der Waals surface area contributed by atoms with Crippen molar-refractivity contribution in [1.82, 2.24) is 5.16 Å². The van der Waals surface area contributed by atoms with E-state index in [1.807, 2.05) is 18.2 Å². The molecule has 0 fully saturated rings. The molecular formula is C16H12ClN3O3. The van der Waals surface area contributed by atoms with Crippen molar-refractivity contribution < 1.29 is 14.1 Å². The summed E-state index contributed by atoms with van der Waals surface area (Å²) in [6.45, 7) is 0. The number of hydrogen-bond acceptors (Lipinski definition) is 4. The zero-order valence-corrected chi connectivity index (χ0v) is 12.6. The Bertz CT molecular complexity index is 904. The zero-order valence-electron chi connectivity index (χ0n) is 11.9. The molecule has 2 amide bonds. The van der Waals surface area contributed by atoms with E-state index in [0.717, 1.165) is 5.39 Å². The van der Waals surface area contributed by atoms with Crippen LogP contribution in [-0.4, -0.2) is 17.0 Å². The summed E-state index contributed by atoms with van der Waals surface area (Å²) in [5, 5.41) is 7.61. The number of nitrogens with one attached hydrogen (secondary N) is 1. The number of para-hydroxylation sites is 1. The number of rotatable bonds is 4. The largest absolute Gasteiger partial charge is 0.366 e. The maximum absolute atomic E-state index is 12.1. The van der Waals surface area contributed by atoms with Crippen LogP contribution in [0.25, 0.3) is 11.0 Å². The van der Waals surface area contributed by atoms with E-state index in [1.54, 1.807) is 12.1 Å². The molecule has 0 aliphatic rings. The smallest absolute Gasteiger partial charge is 0.250 e. The molecule has 0 spiro atoms. The van der Waals surface area contributed by atoms with E-state index in [-0.39, 0.29) is 22.9 Å². The molecule has 23 heavy (non-hydrogen) atoms. The summed E-state index contributed by atoms with van der Waals surface area (Å²) < 4.78 is 5.16. The molecule has 7 heteroatoms. The number of fused-ring (bicyclic) bond motifs is 1. The van der Waals surface area contributed by atoms with Gasteiger partial charge in [0, 0.05) is 11.1 Å². The molecule has 2 aromatic carbocycles. The Labute approximate surface area is 136 Å². The molecule has 0 bridgehead atoms. The number of hydrogen-bond donors (Lipinski definition) is 2. The molecule has 0 saturated carbocycles. The number of nitrogens with zero attached hydrogens (tertiary/aromatic N) is 1. The standard InChI is InChI=1S/C16H12ClN3O3/c17-12-6-5-9(7-11(12)16(18)22)19-15(21)8-13-10-3-1-2-4-14(10)23-20-13/h1-7H,8H2,(H2,18,22)(H,19,21). The topological polar surface area (TPSA) is 98.2 Å². The lowest BCUT2D eigenvalue weighted by atomic mass is 10.1. The molecule has 0 radical (unpaired) electrons. The molecule has 0 unspecified atom stereocenters. The van der Waals surface area contributed by atoms with Crippen LogP contribution in [0, 0.1) is 0 Å². The SMILES string of the molecule is NC(=O)c1cc(NC(=O)Cc2noc3ccccc23)ccc1Cl. The van der Waals surface area contributed by atoms with Gasteiger partial charge in [-0.3, -0.25) is 9.59 Å². The van der Waals surface area contributed by atoms with E-state index < -0.39 is 5.91 Å². The Morgan fingerprint density at radius 2 is 2.00 bits per heavy atom. The maximum Gasteiger partial charge on any atom is 0.250 e. The summed E-state index contributed by atoms with van der Waals surface area (Å²) in [7, 11) is 0. The Morgan fingerprint density at radius 3 is 2.78 bits per heavy atom. The lowest BCUT2D eigenvalue weighted by molar-refractivity contribution is -0.115. The number of carbonyl (C=O) groups is 2. The highest BCUT2D eigenvalue weighted by Crippen LogP contribution is 2.21. The highest BCUT2D eigenvalue weighted by molar-refractivity contribution is 6.34. The number of anilines is 1. The minimum Gasteiger partial charge on any atom is -0.366 e. The normalized spacial score (nSPS) is 10.7.